The Morgan fingerprint density at radius 3 is 2.47 bits per heavy atom. The average molecular weight is 507 g/mol. The van der Waals surface area contributed by atoms with E-state index in [4.69, 9.17) is 9.84 Å². The zero-order valence-corrected chi connectivity index (χ0v) is 21.1. The molecule has 1 saturated carbocycles. The Hall–Kier alpha value is -3.11. The van der Waals surface area contributed by atoms with E-state index in [1.54, 1.807) is 31.3 Å². The maximum atomic E-state index is 14.7. The number of piperidine rings is 1. The molecule has 0 spiro atoms. The van der Waals surface area contributed by atoms with Gasteiger partial charge in [-0.2, -0.15) is 0 Å². The van der Waals surface area contributed by atoms with Crippen molar-refractivity contribution in [3.05, 3.63) is 42.1 Å². The van der Waals surface area contributed by atoms with Gasteiger partial charge in [0.1, 0.15) is 11.6 Å². The Morgan fingerprint density at radius 1 is 1.17 bits per heavy atom. The number of pyridine rings is 1. The smallest absolute Gasteiger partial charge is 0.301 e. The second-order valence-corrected chi connectivity index (χ2v) is 8.62. The predicted octanol–water partition coefficient (Wildman–Crippen LogP) is 4.59. The van der Waals surface area contributed by atoms with E-state index < -0.39 is 24.5 Å². The van der Waals surface area contributed by atoms with Gasteiger partial charge in [-0.25, -0.2) is 13.8 Å². The maximum Gasteiger partial charge on any atom is 0.301 e. The van der Waals surface area contributed by atoms with Crippen LogP contribution in [0.3, 0.4) is 0 Å². The van der Waals surface area contributed by atoms with Crippen molar-refractivity contribution in [2.24, 2.45) is 5.92 Å². The summed E-state index contributed by atoms with van der Waals surface area (Å²) >= 11 is 0. The number of aliphatic hydroxyl groups excluding tert-OH is 1. The number of aliphatic hydroxyl groups is 1. The van der Waals surface area contributed by atoms with Crippen molar-refractivity contribution in [3.8, 4) is 16.9 Å². The van der Waals surface area contributed by atoms with Gasteiger partial charge in [-0.05, 0) is 60.7 Å². The second kappa shape index (κ2) is 12.7. The number of aryl methyl sites for hydroxylation is 1. The Labute approximate surface area is 210 Å². The fraction of sp³-hybridized carbons (Fsp3) is 0.500. The molecule has 198 valence electrons. The minimum Gasteiger partial charge on any atom is -0.484 e. The highest BCUT2D eigenvalue weighted by Gasteiger charge is 2.47. The first-order chi connectivity index (χ1) is 16.8. The molecule has 1 saturated heterocycles. The topological polar surface area (TPSA) is 127 Å². The van der Waals surface area contributed by atoms with E-state index in [0.717, 1.165) is 28.9 Å². The molecular weight excluding hydrogens is 470 g/mol. The van der Waals surface area contributed by atoms with Crippen molar-refractivity contribution >= 4 is 17.6 Å². The lowest BCUT2D eigenvalue weighted by Gasteiger charge is -2.38. The summed E-state index contributed by atoms with van der Waals surface area (Å²) < 4.78 is 35.0. The highest BCUT2D eigenvalue weighted by Crippen LogP contribution is 2.34. The molecule has 10 heteroatoms. The van der Waals surface area contributed by atoms with Crippen molar-refractivity contribution in [2.45, 2.75) is 58.5 Å². The molecule has 1 aromatic heterocycles. The molecular formula is C26H36F2N4O4. The van der Waals surface area contributed by atoms with E-state index in [1.165, 1.54) is 0 Å². The average Bonchev–Trinajstić information content (AvgIpc) is 3.68. The van der Waals surface area contributed by atoms with Crippen LogP contribution in [0.4, 0.5) is 14.6 Å². The van der Waals surface area contributed by atoms with Crippen LogP contribution in [0, 0.1) is 12.8 Å². The van der Waals surface area contributed by atoms with E-state index in [0.29, 0.717) is 17.1 Å². The molecule has 2 aliphatic rings. The van der Waals surface area contributed by atoms with Crippen LogP contribution in [0.1, 0.15) is 45.1 Å². The van der Waals surface area contributed by atoms with Gasteiger partial charge in [0.15, 0.2) is 6.10 Å². The van der Waals surface area contributed by atoms with Crippen LogP contribution in [0.15, 0.2) is 36.5 Å². The number of hydrogen-bond acceptors (Lipinski definition) is 6. The SMILES string of the molecule is CC.Cc1cc(-c2ccnc(NC(=O)C3CC3)c2)ccc1O[C@H]1CCN(C(=O)CCO)CC1(F)F.N. The molecule has 2 fully saturated rings. The first kappa shape index (κ1) is 29.1. The lowest BCUT2D eigenvalue weighted by molar-refractivity contribution is -0.160. The van der Waals surface area contributed by atoms with Gasteiger partial charge in [-0.1, -0.05) is 19.9 Å². The molecule has 5 N–H and O–H groups in total. The van der Waals surface area contributed by atoms with E-state index in [2.05, 4.69) is 10.3 Å². The fourth-order valence-corrected chi connectivity index (χ4v) is 3.90. The molecule has 2 amide bonds. The van der Waals surface area contributed by atoms with Crippen molar-refractivity contribution in [1.82, 2.24) is 16.0 Å². The number of aromatic nitrogens is 1. The van der Waals surface area contributed by atoms with Gasteiger partial charge in [0.05, 0.1) is 13.2 Å². The molecule has 4 rings (SSSR count). The predicted molar refractivity (Wildman–Crippen MR) is 134 cm³/mol. The fourth-order valence-electron chi connectivity index (χ4n) is 3.90. The number of rotatable bonds is 7. The Morgan fingerprint density at radius 2 is 1.86 bits per heavy atom. The number of amides is 2. The number of carbonyl (C=O) groups excluding carboxylic acids is 2. The van der Waals surface area contributed by atoms with Gasteiger partial charge >= 0.3 is 5.92 Å². The lowest BCUT2D eigenvalue weighted by Crippen LogP contribution is -2.55. The van der Waals surface area contributed by atoms with Crippen LogP contribution in [0.5, 0.6) is 5.75 Å². The number of halogens is 2. The zero-order chi connectivity index (χ0) is 25.6. The number of likely N-dealkylation sites (tertiary alicyclic amines) is 1. The van der Waals surface area contributed by atoms with Crippen molar-refractivity contribution < 1.29 is 28.2 Å². The normalized spacial score (nSPS) is 18.3. The summed E-state index contributed by atoms with van der Waals surface area (Å²) in [4.78, 5) is 29.1. The van der Waals surface area contributed by atoms with Crippen molar-refractivity contribution in [1.29, 1.82) is 0 Å². The number of benzene rings is 1. The molecule has 36 heavy (non-hydrogen) atoms. The first-order valence-electron chi connectivity index (χ1n) is 12.1. The summed E-state index contributed by atoms with van der Waals surface area (Å²) in [6, 6.07) is 8.88. The summed E-state index contributed by atoms with van der Waals surface area (Å²) in [5, 5.41) is 11.7. The van der Waals surface area contributed by atoms with Crippen molar-refractivity contribution in [2.75, 3.05) is 25.0 Å². The maximum absolute atomic E-state index is 14.7. The van der Waals surface area contributed by atoms with Crippen LogP contribution >= 0.6 is 0 Å². The third kappa shape index (κ3) is 7.20. The summed E-state index contributed by atoms with van der Waals surface area (Å²) in [6.45, 7) is 4.86. The van der Waals surface area contributed by atoms with Crippen LogP contribution in [-0.2, 0) is 9.59 Å². The molecule has 0 bridgehead atoms. The first-order valence-corrected chi connectivity index (χ1v) is 12.1. The third-order valence-electron chi connectivity index (χ3n) is 5.95. The Bertz CT molecular complexity index is 1050. The molecule has 1 atom stereocenters. The quantitative estimate of drug-likeness (QED) is 0.504. The molecule has 8 nitrogen and oxygen atoms in total. The standard InChI is InChI=1S/C24H27F2N3O4.C2H6.H3N/c1-15-12-17(18-6-9-27-21(13-18)28-23(32)16-2-3-16)4-5-19(15)33-20-7-10-29(14-24(20,25)26)22(31)8-11-30;1-2;/h4-6,9,12-13,16,20,30H,2-3,7-8,10-11,14H2,1H3,(H,27,28,32);1-2H3;1H3/t20-;;/m0../s1. The zero-order valence-electron chi connectivity index (χ0n) is 21.1. The van der Waals surface area contributed by atoms with E-state index in [-0.39, 0.29) is 44.0 Å². The van der Waals surface area contributed by atoms with Crippen LogP contribution in [-0.4, -0.2) is 58.5 Å². The number of alkyl halides is 2. The lowest BCUT2D eigenvalue weighted by atomic mass is 10.0. The monoisotopic (exact) mass is 506 g/mol. The second-order valence-electron chi connectivity index (χ2n) is 8.62. The van der Waals surface area contributed by atoms with Gasteiger partial charge in [0.2, 0.25) is 11.8 Å². The number of nitrogens with one attached hydrogen (secondary N) is 1. The highest BCUT2D eigenvalue weighted by atomic mass is 19.3. The minimum atomic E-state index is -3.20. The third-order valence-corrected chi connectivity index (χ3v) is 5.95. The Kier molecular flexibility index (Phi) is 10.3. The van der Waals surface area contributed by atoms with Crippen LogP contribution in [0.2, 0.25) is 0 Å². The summed E-state index contributed by atoms with van der Waals surface area (Å²) in [5.74, 6) is -2.80. The van der Waals surface area contributed by atoms with E-state index in [9.17, 15) is 18.4 Å². The largest absolute Gasteiger partial charge is 0.484 e. The van der Waals surface area contributed by atoms with Gasteiger partial charge < -0.3 is 26.2 Å². The van der Waals surface area contributed by atoms with Gasteiger partial charge in [0, 0.05) is 31.5 Å². The summed E-state index contributed by atoms with van der Waals surface area (Å²) in [6.07, 6.45) is 1.92. The summed E-state index contributed by atoms with van der Waals surface area (Å²) in [7, 11) is 0. The minimum absolute atomic E-state index is 0. The number of nitrogens with zero attached hydrogens (tertiary/aromatic N) is 2. The molecule has 1 aromatic carbocycles. The number of carbonyl (C=O) groups is 2. The molecule has 0 unspecified atom stereocenters. The molecule has 1 aliphatic carbocycles. The number of anilines is 1. The van der Waals surface area contributed by atoms with E-state index >= 15 is 0 Å². The molecule has 2 aromatic rings. The number of hydrogen-bond donors (Lipinski definition) is 3. The molecule has 0 radical (unpaired) electrons. The van der Waals surface area contributed by atoms with Crippen molar-refractivity contribution in [3.63, 3.8) is 0 Å². The number of ether oxygens (including phenoxy) is 1. The van der Waals surface area contributed by atoms with Gasteiger partial charge in [0.25, 0.3) is 0 Å². The van der Waals surface area contributed by atoms with Gasteiger partial charge in [-0.3, -0.25) is 9.59 Å². The molecule has 1 aliphatic heterocycles. The molecule has 2 heterocycles. The summed E-state index contributed by atoms with van der Waals surface area (Å²) in [5.41, 5.74) is 2.38. The van der Waals surface area contributed by atoms with Crippen LogP contribution in [0.25, 0.3) is 11.1 Å². The van der Waals surface area contributed by atoms with Gasteiger partial charge in [-0.15, -0.1) is 0 Å². The Balaban J connectivity index is 0.00000148. The van der Waals surface area contributed by atoms with Crippen LogP contribution < -0.4 is 16.2 Å². The van der Waals surface area contributed by atoms with E-state index in [1.807, 2.05) is 26.0 Å². The highest BCUT2D eigenvalue weighted by molar-refractivity contribution is 5.93.